The Labute approximate surface area is 177 Å². The minimum atomic E-state index is 0.743. The molecule has 0 saturated carbocycles. The maximum absolute atomic E-state index is 4.93. The molecule has 30 heavy (non-hydrogen) atoms. The Morgan fingerprint density at radius 1 is 0.767 bits per heavy atom. The molecule has 150 valence electrons. The normalized spacial score (nSPS) is 14.7. The second-order valence-corrected chi connectivity index (χ2v) is 7.69. The quantitative estimate of drug-likeness (QED) is 0.544. The number of hydrogen-bond acceptors (Lipinski definition) is 4. The highest BCUT2D eigenvalue weighted by Gasteiger charge is 2.24. The van der Waals surface area contributed by atoms with Gasteiger partial charge < -0.3 is 10.2 Å². The van der Waals surface area contributed by atoms with Crippen molar-refractivity contribution in [3.05, 3.63) is 90.5 Å². The summed E-state index contributed by atoms with van der Waals surface area (Å²) in [5.41, 5.74) is 3.58. The molecule has 2 heterocycles. The number of fused-ring (bicyclic) bond motifs is 1. The van der Waals surface area contributed by atoms with Crippen LogP contribution >= 0.6 is 0 Å². The Balaban J connectivity index is 1.37. The van der Waals surface area contributed by atoms with Crippen LogP contribution < -0.4 is 15.1 Å². The predicted octanol–water partition coefficient (Wildman–Crippen LogP) is 3.28. The van der Waals surface area contributed by atoms with Crippen LogP contribution in [-0.2, 0) is 6.54 Å². The number of nitrogens with one attached hydrogen (secondary N) is 2. The lowest BCUT2D eigenvalue weighted by atomic mass is 10.2. The molecule has 0 bridgehead atoms. The average Bonchev–Trinajstić information content (AvgIpc) is 2.84. The van der Waals surface area contributed by atoms with E-state index in [4.69, 9.17) is 9.97 Å². The summed E-state index contributed by atoms with van der Waals surface area (Å²) in [7, 11) is 0. The smallest absolute Gasteiger partial charge is 0.228 e. The van der Waals surface area contributed by atoms with E-state index in [1.807, 2.05) is 18.2 Å². The molecule has 1 aliphatic rings. The SMILES string of the molecule is c1ccc(CNc2nc(N3CC[NH+](c4ccccc4)CC3)nc3ccccc23)cc1. The summed E-state index contributed by atoms with van der Waals surface area (Å²) in [6.45, 7) is 4.73. The van der Waals surface area contributed by atoms with Crippen LogP contribution in [0.4, 0.5) is 17.5 Å². The van der Waals surface area contributed by atoms with Crippen LogP contribution in [0.3, 0.4) is 0 Å². The van der Waals surface area contributed by atoms with E-state index in [2.05, 4.69) is 76.9 Å². The van der Waals surface area contributed by atoms with Gasteiger partial charge in [0.2, 0.25) is 5.95 Å². The fourth-order valence-electron chi connectivity index (χ4n) is 4.06. The van der Waals surface area contributed by atoms with E-state index in [0.717, 1.165) is 55.4 Å². The van der Waals surface area contributed by atoms with Crippen molar-refractivity contribution in [1.82, 2.24) is 9.97 Å². The molecule has 0 unspecified atom stereocenters. The Morgan fingerprint density at radius 2 is 1.43 bits per heavy atom. The highest BCUT2D eigenvalue weighted by atomic mass is 15.3. The highest BCUT2D eigenvalue weighted by Crippen LogP contribution is 2.24. The molecule has 0 amide bonds. The van der Waals surface area contributed by atoms with Gasteiger partial charge in [-0.1, -0.05) is 60.7 Å². The number of anilines is 2. The van der Waals surface area contributed by atoms with E-state index in [9.17, 15) is 0 Å². The maximum atomic E-state index is 4.93. The predicted molar refractivity (Wildman–Crippen MR) is 122 cm³/mol. The zero-order valence-electron chi connectivity index (χ0n) is 17.0. The molecule has 0 radical (unpaired) electrons. The minimum Gasteiger partial charge on any atom is -0.365 e. The summed E-state index contributed by atoms with van der Waals surface area (Å²) >= 11 is 0. The Bertz CT molecular complexity index is 1110. The summed E-state index contributed by atoms with van der Waals surface area (Å²) < 4.78 is 0. The number of nitrogens with zero attached hydrogens (tertiary/aromatic N) is 3. The van der Waals surface area contributed by atoms with Gasteiger partial charge in [0.05, 0.1) is 31.7 Å². The van der Waals surface area contributed by atoms with Crippen molar-refractivity contribution in [1.29, 1.82) is 0 Å². The van der Waals surface area contributed by atoms with Gasteiger partial charge in [-0.2, -0.15) is 4.98 Å². The van der Waals surface area contributed by atoms with Gasteiger partial charge in [0.25, 0.3) is 0 Å². The largest absolute Gasteiger partial charge is 0.365 e. The summed E-state index contributed by atoms with van der Waals surface area (Å²) in [5, 5.41) is 4.60. The van der Waals surface area contributed by atoms with Crippen LogP contribution in [0, 0.1) is 0 Å². The van der Waals surface area contributed by atoms with Crippen LogP contribution in [0.5, 0.6) is 0 Å². The molecule has 1 aliphatic heterocycles. The van der Waals surface area contributed by atoms with E-state index in [-0.39, 0.29) is 0 Å². The van der Waals surface area contributed by atoms with Gasteiger partial charge in [-0.05, 0) is 29.8 Å². The van der Waals surface area contributed by atoms with Crippen molar-refractivity contribution >= 4 is 28.4 Å². The van der Waals surface area contributed by atoms with Gasteiger partial charge in [0, 0.05) is 11.9 Å². The second kappa shape index (κ2) is 8.51. The number of benzene rings is 3. The van der Waals surface area contributed by atoms with Crippen LogP contribution in [0.15, 0.2) is 84.9 Å². The van der Waals surface area contributed by atoms with E-state index in [1.54, 1.807) is 0 Å². The van der Waals surface area contributed by atoms with Gasteiger partial charge in [0.15, 0.2) is 0 Å². The number of quaternary nitrogens is 1. The van der Waals surface area contributed by atoms with Crippen molar-refractivity contribution in [2.75, 3.05) is 36.4 Å². The van der Waals surface area contributed by atoms with Gasteiger partial charge in [0.1, 0.15) is 11.5 Å². The molecule has 1 saturated heterocycles. The molecule has 0 aliphatic carbocycles. The summed E-state index contributed by atoms with van der Waals surface area (Å²) in [6, 6.07) is 29.4. The lowest BCUT2D eigenvalue weighted by molar-refractivity contribution is -0.833. The molecule has 0 spiro atoms. The Morgan fingerprint density at radius 3 is 2.20 bits per heavy atom. The standard InChI is InChI=1S/C25H25N5/c1-3-9-20(10-4-1)19-26-24-22-13-7-8-14-23(22)27-25(28-24)30-17-15-29(16-18-30)21-11-5-2-6-12-21/h1-14H,15-19H2,(H,26,27,28)/p+1. The van der Waals surface area contributed by atoms with E-state index < -0.39 is 0 Å². The lowest BCUT2D eigenvalue weighted by Crippen LogP contribution is -3.10. The fourth-order valence-corrected chi connectivity index (χ4v) is 4.06. The third-order valence-corrected chi connectivity index (χ3v) is 5.73. The molecule has 3 aromatic carbocycles. The van der Waals surface area contributed by atoms with Crippen LogP contribution in [0.25, 0.3) is 10.9 Å². The van der Waals surface area contributed by atoms with Crippen molar-refractivity contribution in [3.63, 3.8) is 0 Å². The first-order valence-corrected chi connectivity index (χ1v) is 10.6. The molecular formula is C25H26N5+. The third-order valence-electron chi connectivity index (χ3n) is 5.73. The zero-order valence-corrected chi connectivity index (χ0v) is 17.0. The first-order valence-electron chi connectivity index (χ1n) is 10.6. The average molecular weight is 397 g/mol. The number of para-hydroxylation sites is 2. The lowest BCUT2D eigenvalue weighted by Gasteiger charge is -2.32. The summed E-state index contributed by atoms with van der Waals surface area (Å²) in [4.78, 5) is 13.6. The Kier molecular flexibility index (Phi) is 5.27. The monoisotopic (exact) mass is 396 g/mol. The number of aromatic nitrogens is 2. The first-order chi connectivity index (χ1) is 14.9. The molecule has 5 rings (SSSR count). The number of piperazine rings is 1. The molecule has 5 nitrogen and oxygen atoms in total. The van der Waals surface area contributed by atoms with Crippen molar-refractivity contribution in [2.24, 2.45) is 0 Å². The molecule has 0 atom stereocenters. The molecule has 1 aromatic heterocycles. The molecular weight excluding hydrogens is 370 g/mol. The van der Waals surface area contributed by atoms with Crippen molar-refractivity contribution in [2.45, 2.75) is 6.54 Å². The van der Waals surface area contributed by atoms with Gasteiger partial charge >= 0.3 is 0 Å². The minimum absolute atomic E-state index is 0.743. The van der Waals surface area contributed by atoms with E-state index in [0.29, 0.717) is 0 Å². The van der Waals surface area contributed by atoms with Crippen molar-refractivity contribution < 1.29 is 4.90 Å². The van der Waals surface area contributed by atoms with E-state index >= 15 is 0 Å². The number of hydrogen-bond donors (Lipinski definition) is 2. The number of rotatable bonds is 5. The second-order valence-electron chi connectivity index (χ2n) is 7.69. The molecule has 5 heteroatoms. The van der Waals surface area contributed by atoms with Crippen LogP contribution in [0.1, 0.15) is 5.56 Å². The molecule has 1 fully saturated rings. The summed E-state index contributed by atoms with van der Waals surface area (Å²) in [5.74, 6) is 1.72. The summed E-state index contributed by atoms with van der Waals surface area (Å²) in [6.07, 6.45) is 0. The van der Waals surface area contributed by atoms with Gasteiger partial charge in [-0.25, -0.2) is 4.98 Å². The molecule has 2 N–H and O–H groups in total. The highest BCUT2D eigenvalue weighted by molar-refractivity contribution is 5.90. The van der Waals surface area contributed by atoms with Crippen LogP contribution in [-0.4, -0.2) is 36.1 Å². The third kappa shape index (κ3) is 3.98. The fraction of sp³-hybridized carbons (Fsp3) is 0.200. The van der Waals surface area contributed by atoms with Crippen LogP contribution in [0.2, 0.25) is 0 Å². The topological polar surface area (TPSA) is 45.5 Å². The van der Waals surface area contributed by atoms with E-state index in [1.165, 1.54) is 16.2 Å². The Hall–Kier alpha value is -3.44. The maximum Gasteiger partial charge on any atom is 0.228 e. The van der Waals surface area contributed by atoms with Gasteiger partial charge in [-0.15, -0.1) is 0 Å². The van der Waals surface area contributed by atoms with Crippen molar-refractivity contribution in [3.8, 4) is 0 Å². The molecule has 4 aromatic rings. The zero-order chi connectivity index (χ0) is 20.2. The first kappa shape index (κ1) is 18.6. The van der Waals surface area contributed by atoms with Gasteiger partial charge in [-0.3, -0.25) is 4.90 Å².